The van der Waals surface area contributed by atoms with E-state index in [4.69, 9.17) is 4.74 Å². The van der Waals surface area contributed by atoms with Crippen LogP contribution in [0.3, 0.4) is 0 Å². The molecular weight excluding hydrogens is 374 g/mol. The number of nitrogens with one attached hydrogen (secondary N) is 1. The molecule has 0 spiro atoms. The molecule has 0 heterocycles. The number of benzene rings is 3. The number of hydrogen-bond acceptors (Lipinski definition) is 4. The fraction of sp³-hybridized carbons (Fsp3) is 0.227. The molecule has 1 unspecified atom stereocenters. The van der Waals surface area contributed by atoms with E-state index in [1.807, 2.05) is 24.3 Å². The van der Waals surface area contributed by atoms with Gasteiger partial charge in [-0.25, -0.2) is 0 Å². The lowest BCUT2D eigenvalue weighted by Crippen LogP contribution is -2.14. The fourth-order valence-electron chi connectivity index (χ4n) is 2.99. The van der Waals surface area contributed by atoms with E-state index >= 15 is 0 Å². The normalized spacial score (nSPS) is 11.9. The summed E-state index contributed by atoms with van der Waals surface area (Å²) in [6.07, 6.45) is 2.24. The molecule has 3 aromatic carbocycles. The van der Waals surface area contributed by atoms with Crippen LogP contribution in [-0.4, -0.2) is 21.3 Å². The summed E-state index contributed by atoms with van der Waals surface area (Å²) in [5, 5.41) is 4.25. The lowest BCUT2D eigenvalue weighted by molar-refractivity contribution is -0.115. The van der Waals surface area contributed by atoms with Gasteiger partial charge in [0, 0.05) is 10.6 Å². The zero-order valence-electron chi connectivity index (χ0n) is 15.6. The van der Waals surface area contributed by atoms with Gasteiger partial charge in [-0.15, -0.1) is 0 Å². The second kappa shape index (κ2) is 9.48. The maximum absolute atomic E-state index is 12.5. The third-order valence-electron chi connectivity index (χ3n) is 4.41. The Morgan fingerprint density at radius 1 is 1.04 bits per heavy atom. The first kappa shape index (κ1) is 20.0. The first-order valence-corrected chi connectivity index (χ1v) is 10.3. The van der Waals surface area contributed by atoms with Crippen LogP contribution in [0.1, 0.15) is 25.3 Å². The van der Waals surface area contributed by atoms with Crippen LogP contribution in [0.2, 0.25) is 0 Å². The van der Waals surface area contributed by atoms with E-state index in [0.717, 1.165) is 29.5 Å². The molecule has 1 amide bonds. The molecular formula is C22H22NO4S-. The molecule has 0 bridgehead atoms. The van der Waals surface area contributed by atoms with Gasteiger partial charge in [-0.05, 0) is 64.2 Å². The number of carbonyl (C=O) groups is 1. The first-order chi connectivity index (χ1) is 13.6. The van der Waals surface area contributed by atoms with E-state index in [9.17, 15) is 13.6 Å². The molecule has 146 valence electrons. The molecule has 0 saturated heterocycles. The summed E-state index contributed by atoms with van der Waals surface area (Å²) in [5.41, 5.74) is 1.47. The highest BCUT2D eigenvalue weighted by Crippen LogP contribution is 2.25. The second-order valence-electron chi connectivity index (χ2n) is 6.45. The second-order valence-corrected chi connectivity index (χ2v) is 7.36. The number of rotatable bonds is 8. The SMILES string of the molecule is CCCCOc1ccc(NC(=O)Cc2cccc3c(S(=O)[O-])cccc23)cc1. The van der Waals surface area contributed by atoms with Crippen LogP contribution in [0.4, 0.5) is 5.69 Å². The third kappa shape index (κ3) is 4.97. The predicted octanol–water partition coefficient (Wildman–Crippen LogP) is 4.44. The summed E-state index contributed by atoms with van der Waals surface area (Å²) in [6, 6.07) is 17.7. The zero-order chi connectivity index (χ0) is 19.9. The average Bonchev–Trinajstić information content (AvgIpc) is 2.69. The molecule has 3 rings (SSSR count). The van der Waals surface area contributed by atoms with Gasteiger partial charge < -0.3 is 14.6 Å². The molecule has 1 N–H and O–H groups in total. The van der Waals surface area contributed by atoms with Crippen LogP contribution in [-0.2, 0) is 22.3 Å². The summed E-state index contributed by atoms with van der Waals surface area (Å²) in [7, 11) is 0. The van der Waals surface area contributed by atoms with Crippen molar-refractivity contribution in [2.45, 2.75) is 31.1 Å². The van der Waals surface area contributed by atoms with Gasteiger partial charge in [0.1, 0.15) is 5.75 Å². The van der Waals surface area contributed by atoms with E-state index in [-0.39, 0.29) is 17.2 Å². The maximum atomic E-state index is 12.5. The van der Waals surface area contributed by atoms with Crippen molar-refractivity contribution in [1.29, 1.82) is 0 Å². The summed E-state index contributed by atoms with van der Waals surface area (Å²) in [6.45, 7) is 2.79. The minimum absolute atomic E-state index is 0.154. The smallest absolute Gasteiger partial charge is 0.228 e. The Bertz CT molecular complexity index is 985. The summed E-state index contributed by atoms with van der Waals surface area (Å²) in [5.74, 6) is 0.611. The third-order valence-corrected chi connectivity index (χ3v) is 5.12. The van der Waals surface area contributed by atoms with Gasteiger partial charge in [0.15, 0.2) is 0 Å². The number of anilines is 1. The van der Waals surface area contributed by atoms with Gasteiger partial charge >= 0.3 is 0 Å². The van der Waals surface area contributed by atoms with Crippen LogP contribution >= 0.6 is 0 Å². The number of carbonyl (C=O) groups excluding carboxylic acids is 1. The van der Waals surface area contributed by atoms with Gasteiger partial charge in [0.05, 0.1) is 13.0 Å². The van der Waals surface area contributed by atoms with Crippen molar-refractivity contribution >= 4 is 33.4 Å². The molecule has 0 aliphatic rings. The number of hydrogen-bond donors (Lipinski definition) is 1. The molecule has 0 aliphatic carbocycles. The van der Waals surface area contributed by atoms with Crippen molar-refractivity contribution in [2.75, 3.05) is 11.9 Å². The van der Waals surface area contributed by atoms with Crippen molar-refractivity contribution in [1.82, 2.24) is 0 Å². The van der Waals surface area contributed by atoms with Crippen LogP contribution in [0.5, 0.6) is 5.75 Å². The Labute approximate surface area is 167 Å². The van der Waals surface area contributed by atoms with Gasteiger partial charge in [0.2, 0.25) is 5.91 Å². The van der Waals surface area contributed by atoms with Crippen LogP contribution in [0.25, 0.3) is 10.8 Å². The molecule has 5 nitrogen and oxygen atoms in total. The largest absolute Gasteiger partial charge is 0.768 e. The lowest BCUT2D eigenvalue weighted by atomic mass is 10.0. The molecule has 3 aromatic rings. The standard InChI is InChI=1S/C22H23NO4S/c1-2-3-14-27-18-12-10-17(11-13-18)23-22(24)15-16-6-4-8-20-19(16)7-5-9-21(20)28(25)26/h4-13H,2-3,14-15H2,1H3,(H,23,24)(H,25,26)/p-1. The average molecular weight is 396 g/mol. The van der Waals surface area contributed by atoms with Crippen LogP contribution in [0, 0.1) is 0 Å². The summed E-state index contributed by atoms with van der Waals surface area (Å²) >= 11 is -2.32. The van der Waals surface area contributed by atoms with Gasteiger partial charge in [-0.1, -0.05) is 43.7 Å². The molecule has 0 aliphatic heterocycles. The molecule has 6 heteroatoms. The van der Waals surface area contributed by atoms with Gasteiger partial charge in [0.25, 0.3) is 0 Å². The summed E-state index contributed by atoms with van der Waals surface area (Å²) in [4.78, 5) is 12.7. The Hall–Kier alpha value is -2.70. The molecule has 0 aromatic heterocycles. The van der Waals surface area contributed by atoms with Crippen molar-refractivity contribution < 1.29 is 18.3 Å². The van der Waals surface area contributed by atoms with Crippen molar-refractivity contribution in [3.8, 4) is 5.75 Å². The fourth-order valence-corrected chi connectivity index (χ4v) is 3.54. The van der Waals surface area contributed by atoms with Crippen LogP contribution < -0.4 is 10.1 Å². The maximum Gasteiger partial charge on any atom is 0.228 e. The molecule has 1 atom stereocenters. The van der Waals surface area contributed by atoms with E-state index in [0.29, 0.717) is 17.7 Å². The van der Waals surface area contributed by atoms with E-state index in [2.05, 4.69) is 12.2 Å². The highest BCUT2D eigenvalue weighted by atomic mass is 32.2. The Morgan fingerprint density at radius 2 is 1.75 bits per heavy atom. The molecule has 0 radical (unpaired) electrons. The highest BCUT2D eigenvalue weighted by Gasteiger charge is 2.10. The minimum Gasteiger partial charge on any atom is -0.768 e. The Balaban J connectivity index is 1.70. The van der Waals surface area contributed by atoms with E-state index < -0.39 is 11.1 Å². The highest BCUT2D eigenvalue weighted by molar-refractivity contribution is 7.79. The topological polar surface area (TPSA) is 78.5 Å². The molecule has 0 saturated carbocycles. The number of amides is 1. The number of ether oxygens (including phenoxy) is 1. The Kier molecular flexibility index (Phi) is 6.79. The first-order valence-electron chi connectivity index (χ1n) is 9.21. The Morgan fingerprint density at radius 3 is 2.46 bits per heavy atom. The number of fused-ring (bicyclic) bond motifs is 1. The van der Waals surface area contributed by atoms with Crippen molar-refractivity contribution in [3.05, 3.63) is 66.2 Å². The van der Waals surface area contributed by atoms with Crippen molar-refractivity contribution in [3.63, 3.8) is 0 Å². The van der Waals surface area contributed by atoms with Gasteiger partial charge in [-0.3, -0.25) is 9.00 Å². The van der Waals surface area contributed by atoms with Crippen molar-refractivity contribution in [2.24, 2.45) is 0 Å². The predicted molar refractivity (Wildman–Crippen MR) is 110 cm³/mol. The molecule has 28 heavy (non-hydrogen) atoms. The van der Waals surface area contributed by atoms with E-state index in [1.54, 1.807) is 36.4 Å². The minimum atomic E-state index is -2.32. The van der Waals surface area contributed by atoms with Gasteiger partial charge in [-0.2, -0.15) is 0 Å². The van der Waals surface area contributed by atoms with Crippen LogP contribution in [0.15, 0.2) is 65.6 Å². The number of unbranched alkanes of at least 4 members (excludes halogenated alkanes) is 1. The molecule has 0 fully saturated rings. The van der Waals surface area contributed by atoms with E-state index in [1.165, 1.54) is 0 Å². The monoisotopic (exact) mass is 396 g/mol. The zero-order valence-corrected chi connectivity index (χ0v) is 16.5. The lowest BCUT2D eigenvalue weighted by Gasteiger charge is -2.12. The summed E-state index contributed by atoms with van der Waals surface area (Å²) < 4.78 is 28.4. The quantitative estimate of drug-likeness (QED) is 0.451.